The largest absolute Gasteiger partial charge is 0.784 e. The quantitative estimate of drug-likeness (QED) is 0.586. The zero-order valence-corrected chi connectivity index (χ0v) is 13.6. The van der Waals surface area contributed by atoms with Gasteiger partial charge in [-0.15, -0.1) is 0 Å². The van der Waals surface area contributed by atoms with E-state index in [0.29, 0.717) is 12.2 Å². The molecule has 0 saturated heterocycles. The molecule has 0 saturated carbocycles. The zero-order valence-electron chi connectivity index (χ0n) is 13.6. The Bertz CT molecular complexity index is 405. The molecule has 1 aliphatic rings. The molecule has 1 heterocycles. The minimum atomic E-state index is -0.870. The van der Waals surface area contributed by atoms with Crippen LogP contribution in [0.4, 0.5) is 0 Å². The lowest BCUT2D eigenvalue weighted by molar-refractivity contribution is -0.143. The number of hydrogen-bond donors (Lipinski definition) is 0. The van der Waals surface area contributed by atoms with Gasteiger partial charge in [-0.05, 0) is 48.5 Å². The number of hydrogen-bond acceptors (Lipinski definition) is 5. The molecule has 0 spiro atoms. The Balaban J connectivity index is 2.60. The highest BCUT2D eigenvalue weighted by Crippen LogP contribution is 2.39. The van der Waals surface area contributed by atoms with Crippen LogP contribution in [-0.2, 0) is 14.3 Å². The molecule has 20 heavy (non-hydrogen) atoms. The Kier molecular flexibility index (Phi) is 4.69. The van der Waals surface area contributed by atoms with Crippen molar-refractivity contribution in [2.75, 3.05) is 13.2 Å². The van der Waals surface area contributed by atoms with E-state index < -0.39 is 17.0 Å². The van der Waals surface area contributed by atoms with Crippen molar-refractivity contribution in [3.63, 3.8) is 0 Å². The van der Waals surface area contributed by atoms with Gasteiger partial charge in [0.15, 0.2) is 0 Å². The molecule has 0 fully saturated rings. The molecule has 0 bridgehead atoms. The monoisotopic (exact) mass is 284 g/mol. The van der Waals surface area contributed by atoms with Crippen LogP contribution in [0.1, 0.15) is 48.5 Å². The molecule has 0 aromatic rings. The molecule has 0 atom stereocenters. The van der Waals surface area contributed by atoms with Gasteiger partial charge in [0.05, 0.1) is 17.8 Å². The minimum absolute atomic E-state index is 0.183. The lowest BCUT2D eigenvalue weighted by Crippen LogP contribution is -2.47. The summed E-state index contributed by atoms with van der Waals surface area (Å²) < 4.78 is 10.7. The average Bonchev–Trinajstić information content (AvgIpc) is 2.44. The van der Waals surface area contributed by atoms with Gasteiger partial charge in [0.25, 0.3) is 0 Å². The summed E-state index contributed by atoms with van der Waals surface area (Å²) in [6, 6.07) is 0. The van der Waals surface area contributed by atoms with Crippen LogP contribution in [0.3, 0.4) is 0 Å². The Morgan fingerprint density at radius 2 is 1.80 bits per heavy atom. The van der Waals surface area contributed by atoms with Crippen LogP contribution in [0.2, 0.25) is 0 Å². The van der Waals surface area contributed by atoms with E-state index in [0.717, 1.165) is 5.06 Å². The lowest BCUT2D eigenvalue weighted by Gasteiger charge is -2.47. The Hall–Kier alpha value is -0.910. The molecular weight excluding hydrogens is 258 g/mol. The summed E-state index contributed by atoms with van der Waals surface area (Å²) in [6.45, 7) is 13.4. The van der Waals surface area contributed by atoms with Gasteiger partial charge in [-0.25, -0.2) is 4.79 Å². The highest BCUT2D eigenvalue weighted by atomic mass is 16.6. The van der Waals surface area contributed by atoms with Gasteiger partial charge in [-0.3, -0.25) is 0 Å². The third kappa shape index (κ3) is 3.81. The number of carbonyl (C=O) groups excluding carboxylic acids is 1. The summed E-state index contributed by atoms with van der Waals surface area (Å²) in [4.78, 5) is 12.1. The number of rotatable bonds is 4. The summed E-state index contributed by atoms with van der Waals surface area (Å²) in [6.07, 6.45) is 1.69. The second-order valence-corrected chi connectivity index (χ2v) is 7.16. The summed E-state index contributed by atoms with van der Waals surface area (Å²) in [7, 11) is 0. The molecule has 1 rings (SSSR count). The number of nitrogens with zero attached hydrogens (tertiary/aromatic N) is 1. The minimum Gasteiger partial charge on any atom is -0.784 e. The molecular formula is C15H26NO4-. The first kappa shape index (κ1) is 17.1. The maximum Gasteiger partial charge on any atom is 0.335 e. The summed E-state index contributed by atoms with van der Waals surface area (Å²) in [5, 5.41) is 13.1. The van der Waals surface area contributed by atoms with Gasteiger partial charge >= 0.3 is 5.97 Å². The van der Waals surface area contributed by atoms with Crippen molar-refractivity contribution in [3.8, 4) is 0 Å². The molecule has 0 amide bonds. The maximum absolute atomic E-state index is 12.2. The highest BCUT2D eigenvalue weighted by molar-refractivity contribution is 5.92. The van der Waals surface area contributed by atoms with Crippen LogP contribution in [0.15, 0.2) is 11.6 Å². The van der Waals surface area contributed by atoms with Gasteiger partial charge in [0, 0.05) is 11.1 Å². The Labute approximate surface area is 121 Å². The van der Waals surface area contributed by atoms with E-state index in [9.17, 15) is 10.0 Å². The predicted molar refractivity (Wildman–Crippen MR) is 78.1 cm³/mol. The summed E-state index contributed by atoms with van der Waals surface area (Å²) in [5.41, 5.74) is -1.41. The molecule has 0 radical (unpaired) electrons. The van der Waals surface area contributed by atoms with Crippen LogP contribution >= 0.6 is 0 Å². The van der Waals surface area contributed by atoms with Crippen molar-refractivity contribution in [3.05, 3.63) is 16.9 Å². The third-order valence-electron chi connectivity index (χ3n) is 3.26. The van der Waals surface area contributed by atoms with E-state index in [4.69, 9.17) is 9.47 Å². The van der Waals surface area contributed by atoms with Gasteiger partial charge in [-0.2, -0.15) is 0 Å². The molecule has 5 heteroatoms. The topological polar surface area (TPSA) is 61.8 Å². The van der Waals surface area contributed by atoms with Gasteiger partial charge < -0.3 is 19.7 Å². The smallest absolute Gasteiger partial charge is 0.335 e. The van der Waals surface area contributed by atoms with Gasteiger partial charge in [-0.1, -0.05) is 6.08 Å². The first-order chi connectivity index (χ1) is 8.88. The van der Waals surface area contributed by atoms with Crippen molar-refractivity contribution in [1.29, 1.82) is 0 Å². The number of hydroxylamine groups is 2. The van der Waals surface area contributed by atoms with E-state index in [1.165, 1.54) is 0 Å². The van der Waals surface area contributed by atoms with Gasteiger partial charge in [0.2, 0.25) is 0 Å². The fourth-order valence-corrected chi connectivity index (χ4v) is 2.29. The maximum atomic E-state index is 12.2. The van der Waals surface area contributed by atoms with Crippen LogP contribution in [-0.4, -0.2) is 40.9 Å². The number of ether oxygens (including phenoxy) is 2. The summed E-state index contributed by atoms with van der Waals surface area (Å²) >= 11 is 0. The van der Waals surface area contributed by atoms with Crippen molar-refractivity contribution in [2.24, 2.45) is 0 Å². The molecule has 116 valence electrons. The molecule has 0 N–H and O–H groups in total. The molecule has 0 aromatic carbocycles. The Morgan fingerprint density at radius 3 is 2.20 bits per heavy atom. The first-order valence-electron chi connectivity index (χ1n) is 6.90. The van der Waals surface area contributed by atoms with E-state index in [1.54, 1.807) is 33.8 Å². The second-order valence-electron chi connectivity index (χ2n) is 7.16. The number of carbonyl (C=O) groups is 1. The fourth-order valence-electron chi connectivity index (χ4n) is 2.29. The molecule has 0 aliphatic carbocycles. The standard InChI is InChI=1S/C15H26NO4/c1-13(2,3)20-9-8-19-12(17)11-10-14(4,5)16(18)15(11,6)7/h10H,8-9H2,1-7H3/q-1. The highest BCUT2D eigenvalue weighted by Gasteiger charge is 2.43. The van der Waals surface area contributed by atoms with E-state index in [1.807, 2.05) is 20.8 Å². The van der Waals surface area contributed by atoms with Gasteiger partial charge in [0.1, 0.15) is 6.61 Å². The van der Waals surface area contributed by atoms with Crippen LogP contribution in [0.25, 0.3) is 0 Å². The van der Waals surface area contributed by atoms with E-state index >= 15 is 0 Å². The molecule has 0 aromatic heterocycles. The lowest BCUT2D eigenvalue weighted by atomic mass is 9.97. The van der Waals surface area contributed by atoms with E-state index in [-0.39, 0.29) is 12.2 Å². The molecule has 0 unspecified atom stereocenters. The van der Waals surface area contributed by atoms with Crippen LogP contribution in [0.5, 0.6) is 0 Å². The van der Waals surface area contributed by atoms with E-state index in [2.05, 4.69) is 0 Å². The SMILES string of the molecule is CC(C)(C)OCCOC(=O)C1=CC(C)(C)N([O-])C1(C)C. The normalized spacial score (nSPS) is 21.7. The van der Waals surface area contributed by atoms with Crippen LogP contribution < -0.4 is 0 Å². The first-order valence-corrected chi connectivity index (χ1v) is 6.90. The number of esters is 1. The fraction of sp³-hybridized carbons (Fsp3) is 0.800. The average molecular weight is 284 g/mol. The van der Waals surface area contributed by atoms with Crippen molar-refractivity contribution >= 4 is 5.97 Å². The van der Waals surface area contributed by atoms with Crippen LogP contribution in [0, 0.1) is 5.21 Å². The van der Waals surface area contributed by atoms with Crippen molar-refractivity contribution in [2.45, 2.75) is 65.1 Å². The molecule has 1 aliphatic heterocycles. The second kappa shape index (κ2) is 5.47. The predicted octanol–water partition coefficient (Wildman–Crippen LogP) is 2.64. The third-order valence-corrected chi connectivity index (χ3v) is 3.26. The molecule has 5 nitrogen and oxygen atoms in total. The van der Waals surface area contributed by atoms with Crippen molar-refractivity contribution in [1.82, 2.24) is 5.06 Å². The van der Waals surface area contributed by atoms with Crippen molar-refractivity contribution < 1.29 is 14.3 Å². The Morgan fingerprint density at radius 1 is 1.25 bits per heavy atom. The summed E-state index contributed by atoms with van der Waals surface area (Å²) in [5.74, 6) is -0.445. The zero-order chi connectivity index (χ0) is 15.8.